The zero-order valence-corrected chi connectivity index (χ0v) is 14.7. The molecule has 28 heavy (non-hydrogen) atoms. The number of alkyl halides is 2. The number of nitrogens with zero attached hydrogens (tertiary/aromatic N) is 3. The molecule has 2 amide bonds. The maximum absolute atomic E-state index is 13.8. The molecule has 0 saturated carbocycles. The van der Waals surface area contributed by atoms with E-state index in [-0.39, 0.29) is 29.9 Å². The highest BCUT2D eigenvalue weighted by Crippen LogP contribution is 2.38. The number of fused-ring (bicyclic) bond motifs is 1. The molecule has 3 rings (SSSR count). The van der Waals surface area contributed by atoms with Gasteiger partial charge in [-0.25, -0.2) is 4.98 Å². The lowest BCUT2D eigenvalue weighted by Crippen LogP contribution is -2.52. The zero-order chi connectivity index (χ0) is 20.1. The van der Waals surface area contributed by atoms with Crippen molar-refractivity contribution in [2.45, 2.75) is 6.11 Å². The second kappa shape index (κ2) is 8.13. The monoisotopic (exact) mass is 394 g/mol. The van der Waals surface area contributed by atoms with E-state index in [0.717, 1.165) is 0 Å². The minimum atomic E-state index is -4.07. The van der Waals surface area contributed by atoms with Crippen molar-refractivity contribution in [1.82, 2.24) is 9.97 Å². The Morgan fingerprint density at radius 2 is 2.07 bits per heavy atom. The number of benzene rings is 1. The lowest BCUT2D eigenvalue weighted by atomic mass is 10.2. The summed E-state index contributed by atoms with van der Waals surface area (Å²) in [5.74, 6) is -2.51. The Morgan fingerprint density at radius 1 is 1.29 bits per heavy atom. The highest BCUT2D eigenvalue weighted by atomic mass is 19.3. The van der Waals surface area contributed by atoms with Gasteiger partial charge in [-0.15, -0.1) is 0 Å². The fraction of sp³-hybridized carbons (Fsp3) is 0.294. The van der Waals surface area contributed by atoms with Crippen LogP contribution in [0.25, 0.3) is 0 Å². The molecule has 0 fully saturated rings. The quantitative estimate of drug-likeness (QED) is 0.709. The third-order valence-electron chi connectivity index (χ3n) is 3.61. The first kappa shape index (κ1) is 19.4. The van der Waals surface area contributed by atoms with Crippen LogP contribution in [0.4, 0.5) is 20.4 Å². The predicted molar refractivity (Wildman–Crippen MR) is 92.4 cm³/mol. The van der Waals surface area contributed by atoms with Crippen LogP contribution in [-0.2, 0) is 14.3 Å². The van der Waals surface area contributed by atoms with Crippen LogP contribution >= 0.6 is 0 Å². The fourth-order valence-electron chi connectivity index (χ4n) is 2.39. The number of carbonyl (C=O) groups is 2. The third kappa shape index (κ3) is 4.31. The maximum Gasteiger partial charge on any atom is 0.482 e. The van der Waals surface area contributed by atoms with Gasteiger partial charge in [0, 0.05) is 19.4 Å². The van der Waals surface area contributed by atoms with E-state index in [9.17, 15) is 18.4 Å². The van der Waals surface area contributed by atoms with E-state index < -0.39 is 24.5 Å². The third-order valence-corrected chi connectivity index (χ3v) is 3.61. The van der Waals surface area contributed by atoms with Crippen molar-refractivity contribution in [1.29, 1.82) is 0 Å². The van der Waals surface area contributed by atoms with Crippen LogP contribution in [0.15, 0.2) is 36.5 Å². The number of methoxy groups -OCH3 is 1. The smallest absolute Gasteiger partial charge is 0.475 e. The average molecular weight is 394 g/mol. The summed E-state index contributed by atoms with van der Waals surface area (Å²) in [6, 6.07) is 7.17. The number of aromatic nitrogens is 2. The van der Waals surface area contributed by atoms with Crippen molar-refractivity contribution in [3.05, 3.63) is 36.5 Å². The summed E-state index contributed by atoms with van der Waals surface area (Å²) in [5, 5.41) is 2.35. The molecule has 148 valence electrons. The maximum atomic E-state index is 13.8. The standard InChI is InChI=1S/C17H16F2N4O5/c1-26-8-9-27-14-6-7-20-16(22-14)21-13(24)10-23-11-4-2-3-5-12(11)28-17(18,19)15(23)25/h2-7H,8-10H2,1H3,(H,20,21,22,24). The van der Waals surface area contributed by atoms with Crippen molar-refractivity contribution in [3.8, 4) is 11.6 Å². The molecular formula is C17H16F2N4O5. The molecule has 11 heteroatoms. The molecule has 0 spiro atoms. The molecule has 0 saturated heterocycles. The Labute approximate surface area is 158 Å². The number of nitrogens with one attached hydrogen (secondary N) is 1. The number of carbonyl (C=O) groups excluding carboxylic acids is 2. The summed E-state index contributed by atoms with van der Waals surface area (Å²) in [7, 11) is 1.52. The minimum Gasteiger partial charge on any atom is -0.475 e. The molecule has 1 N–H and O–H groups in total. The molecule has 1 aliphatic heterocycles. The minimum absolute atomic E-state index is 0.0612. The van der Waals surface area contributed by atoms with Crippen molar-refractivity contribution in [3.63, 3.8) is 0 Å². The van der Waals surface area contributed by atoms with Crippen LogP contribution < -0.4 is 19.7 Å². The molecule has 0 radical (unpaired) electrons. The van der Waals surface area contributed by atoms with Crippen molar-refractivity contribution in [2.75, 3.05) is 37.1 Å². The molecule has 0 unspecified atom stereocenters. The Hall–Kier alpha value is -3.34. The lowest BCUT2D eigenvalue weighted by molar-refractivity contribution is -0.192. The number of anilines is 2. The highest BCUT2D eigenvalue weighted by molar-refractivity contribution is 6.06. The Balaban J connectivity index is 1.71. The summed E-state index contributed by atoms with van der Waals surface area (Å²) in [6.45, 7) is -0.0829. The number of hydrogen-bond donors (Lipinski definition) is 1. The SMILES string of the molecule is COCCOc1ccnc(NC(=O)CN2C(=O)C(F)(F)Oc3ccccc32)n1. The Morgan fingerprint density at radius 3 is 2.86 bits per heavy atom. The topological polar surface area (TPSA) is 103 Å². The van der Waals surface area contributed by atoms with Crippen LogP contribution in [0.2, 0.25) is 0 Å². The molecule has 1 aromatic carbocycles. The van der Waals surface area contributed by atoms with Gasteiger partial charge in [0.15, 0.2) is 5.75 Å². The highest BCUT2D eigenvalue weighted by Gasteiger charge is 2.50. The number of para-hydroxylation sites is 2. The van der Waals surface area contributed by atoms with Gasteiger partial charge in [0.2, 0.25) is 17.7 Å². The molecule has 2 heterocycles. The van der Waals surface area contributed by atoms with Gasteiger partial charge in [-0.1, -0.05) is 12.1 Å². The zero-order valence-electron chi connectivity index (χ0n) is 14.7. The molecule has 9 nitrogen and oxygen atoms in total. The normalized spacial score (nSPS) is 14.8. The second-order valence-electron chi connectivity index (χ2n) is 5.59. The summed E-state index contributed by atoms with van der Waals surface area (Å²) in [4.78, 5) is 32.8. The Kier molecular flexibility index (Phi) is 5.64. The summed E-state index contributed by atoms with van der Waals surface area (Å²) < 4.78 is 42.2. The molecule has 1 aliphatic rings. The number of halogens is 2. The van der Waals surface area contributed by atoms with E-state index in [0.29, 0.717) is 11.5 Å². The number of rotatable bonds is 7. The fourth-order valence-corrected chi connectivity index (χ4v) is 2.39. The molecule has 0 atom stereocenters. The van der Waals surface area contributed by atoms with E-state index in [4.69, 9.17) is 9.47 Å². The summed E-state index contributed by atoms with van der Waals surface area (Å²) in [6.07, 6.45) is -2.71. The number of ether oxygens (including phenoxy) is 3. The van der Waals surface area contributed by atoms with Crippen LogP contribution in [0, 0.1) is 0 Å². The first-order chi connectivity index (χ1) is 13.4. The summed E-state index contributed by atoms with van der Waals surface area (Å²) >= 11 is 0. The van der Waals surface area contributed by atoms with E-state index in [1.165, 1.54) is 43.6 Å². The first-order valence-corrected chi connectivity index (χ1v) is 8.13. The predicted octanol–water partition coefficient (Wildman–Crippen LogP) is 1.46. The Bertz CT molecular complexity index is 880. The summed E-state index contributed by atoms with van der Waals surface area (Å²) in [5.41, 5.74) is 0.0612. The van der Waals surface area contributed by atoms with E-state index >= 15 is 0 Å². The van der Waals surface area contributed by atoms with Crippen LogP contribution in [-0.4, -0.2) is 54.8 Å². The van der Waals surface area contributed by atoms with Gasteiger partial charge in [0.25, 0.3) is 0 Å². The van der Waals surface area contributed by atoms with Crippen LogP contribution in [0.1, 0.15) is 0 Å². The van der Waals surface area contributed by atoms with Gasteiger partial charge >= 0.3 is 12.0 Å². The van der Waals surface area contributed by atoms with Gasteiger partial charge < -0.3 is 14.2 Å². The number of amides is 2. The van der Waals surface area contributed by atoms with Crippen LogP contribution in [0.5, 0.6) is 11.6 Å². The molecular weight excluding hydrogens is 378 g/mol. The largest absolute Gasteiger partial charge is 0.482 e. The van der Waals surface area contributed by atoms with Crippen molar-refractivity contribution in [2.24, 2.45) is 0 Å². The molecule has 0 bridgehead atoms. The van der Waals surface area contributed by atoms with Crippen molar-refractivity contribution < 1.29 is 32.6 Å². The molecule has 2 aromatic rings. The van der Waals surface area contributed by atoms with Gasteiger partial charge in [-0.2, -0.15) is 13.8 Å². The van der Waals surface area contributed by atoms with Crippen LogP contribution in [0.3, 0.4) is 0 Å². The lowest BCUT2D eigenvalue weighted by Gasteiger charge is -2.32. The van der Waals surface area contributed by atoms with Gasteiger partial charge in [-0.3, -0.25) is 19.8 Å². The van der Waals surface area contributed by atoms with Crippen molar-refractivity contribution >= 4 is 23.5 Å². The number of hydrogen-bond acceptors (Lipinski definition) is 7. The van der Waals surface area contributed by atoms with E-state index in [2.05, 4.69) is 20.0 Å². The average Bonchev–Trinajstić information content (AvgIpc) is 2.66. The van der Waals surface area contributed by atoms with E-state index in [1.807, 2.05) is 0 Å². The van der Waals surface area contributed by atoms with Gasteiger partial charge in [0.05, 0.1) is 12.3 Å². The van der Waals surface area contributed by atoms with Gasteiger partial charge in [0.1, 0.15) is 13.2 Å². The molecule has 1 aromatic heterocycles. The van der Waals surface area contributed by atoms with Gasteiger partial charge in [-0.05, 0) is 12.1 Å². The first-order valence-electron chi connectivity index (χ1n) is 8.13. The second-order valence-corrected chi connectivity index (χ2v) is 5.59. The molecule has 0 aliphatic carbocycles. The van der Waals surface area contributed by atoms with E-state index in [1.54, 1.807) is 0 Å².